The van der Waals surface area contributed by atoms with Crippen LogP contribution in [0.25, 0.3) is 0 Å². The molecule has 1 unspecified atom stereocenters. The molecule has 166 valence electrons. The van der Waals surface area contributed by atoms with Gasteiger partial charge in [-0.3, -0.25) is 0 Å². The van der Waals surface area contributed by atoms with Gasteiger partial charge in [-0.1, -0.05) is 128 Å². The van der Waals surface area contributed by atoms with Gasteiger partial charge in [-0.15, -0.1) is 13.2 Å². The van der Waals surface area contributed by atoms with Gasteiger partial charge in [0.15, 0.2) is 0 Å². The molecule has 0 saturated carbocycles. The van der Waals surface area contributed by atoms with Crippen molar-refractivity contribution in [3.63, 3.8) is 0 Å². The zero-order valence-electron chi connectivity index (χ0n) is 19.9. The molecule has 0 spiro atoms. The van der Waals surface area contributed by atoms with E-state index in [4.69, 9.17) is 0 Å². The molecule has 0 aliphatic rings. The molecule has 0 fully saturated rings. The number of hydrogen-bond donors (Lipinski definition) is 0. The largest absolute Gasteiger partial charge is 0.103 e. The van der Waals surface area contributed by atoms with Crippen LogP contribution >= 0.6 is 0 Å². The summed E-state index contributed by atoms with van der Waals surface area (Å²) in [6.07, 6.45) is 31.8. The number of rotatable bonds is 23. The first-order chi connectivity index (χ1) is 13.7. The predicted molar refractivity (Wildman–Crippen MR) is 131 cm³/mol. The van der Waals surface area contributed by atoms with Gasteiger partial charge >= 0.3 is 0 Å². The summed E-state index contributed by atoms with van der Waals surface area (Å²) in [7, 11) is 0. The van der Waals surface area contributed by atoms with Crippen molar-refractivity contribution in [3.8, 4) is 0 Å². The van der Waals surface area contributed by atoms with Gasteiger partial charge in [0.2, 0.25) is 0 Å². The Kier molecular flexibility index (Phi) is 22.3. The van der Waals surface area contributed by atoms with Crippen LogP contribution in [-0.2, 0) is 0 Å². The van der Waals surface area contributed by atoms with Gasteiger partial charge in [-0.25, -0.2) is 0 Å². The lowest BCUT2D eigenvalue weighted by atomic mass is 9.89. The molecule has 0 aromatic rings. The topological polar surface area (TPSA) is 0 Å². The summed E-state index contributed by atoms with van der Waals surface area (Å²) < 4.78 is 0. The molecule has 0 heterocycles. The maximum absolute atomic E-state index is 3.99. The zero-order valence-corrected chi connectivity index (χ0v) is 19.9. The third kappa shape index (κ3) is 21.8. The first-order valence-corrected chi connectivity index (χ1v) is 13.0. The minimum absolute atomic E-state index is 1.000. The summed E-state index contributed by atoms with van der Waals surface area (Å²) in [5.41, 5.74) is 1.35. The molecule has 1 atom stereocenters. The Morgan fingerprint density at radius 1 is 0.643 bits per heavy atom. The Hall–Kier alpha value is -0.520. The summed E-state index contributed by atoms with van der Waals surface area (Å²) in [5, 5.41) is 0. The highest BCUT2D eigenvalue weighted by Gasteiger charge is 2.08. The van der Waals surface area contributed by atoms with Gasteiger partial charge in [0, 0.05) is 0 Å². The van der Waals surface area contributed by atoms with E-state index in [9.17, 15) is 0 Å². The van der Waals surface area contributed by atoms with Gasteiger partial charge < -0.3 is 0 Å². The van der Waals surface area contributed by atoms with Gasteiger partial charge in [0.05, 0.1) is 0 Å². The lowest BCUT2D eigenvalue weighted by Crippen LogP contribution is -2.01. The van der Waals surface area contributed by atoms with Crippen LogP contribution in [0, 0.1) is 5.92 Å². The Balaban J connectivity index is 3.63. The minimum Gasteiger partial charge on any atom is -0.103 e. The standard InChI is InChI=1S/C28H54/c1-5-7-9-16-21-25-28(24-20-10-8-6-2)26-22-18-15-13-11-12-14-17-19-23-27(3)4/h6,28H,2-3,5,7-26H2,1,4H3. The molecule has 0 aromatic carbocycles. The highest BCUT2D eigenvalue weighted by atomic mass is 14.1. The van der Waals surface area contributed by atoms with Gasteiger partial charge in [0.1, 0.15) is 0 Å². The number of allylic oxidation sites excluding steroid dienone is 2. The highest BCUT2D eigenvalue weighted by molar-refractivity contribution is 4.86. The van der Waals surface area contributed by atoms with Crippen molar-refractivity contribution in [1.82, 2.24) is 0 Å². The van der Waals surface area contributed by atoms with Crippen LogP contribution in [0.4, 0.5) is 0 Å². The molecule has 0 N–H and O–H groups in total. The molecule has 0 saturated heterocycles. The molecule has 0 aliphatic heterocycles. The summed E-state index contributed by atoms with van der Waals surface area (Å²) >= 11 is 0. The van der Waals surface area contributed by atoms with Crippen LogP contribution in [0.2, 0.25) is 0 Å². The van der Waals surface area contributed by atoms with Crippen LogP contribution in [-0.4, -0.2) is 0 Å². The fraction of sp³-hybridized carbons (Fsp3) is 0.857. The molecule has 0 radical (unpaired) electrons. The number of hydrogen-bond acceptors (Lipinski definition) is 0. The fourth-order valence-corrected chi connectivity index (χ4v) is 4.29. The Morgan fingerprint density at radius 3 is 1.54 bits per heavy atom. The van der Waals surface area contributed by atoms with Crippen molar-refractivity contribution >= 4 is 0 Å². The second-order valence-electron chi connectivity index (χ2n) is 9.32. The van der Waals surface area contributed by atoms with Gasteiger partial charge in [0.25, 0.3) is 0 Å². The average Bonchev–Trinajstić information content (AvgIpc) is 2.68. The Labute approximate surface area is 179 Å². The molecule has 0 nitrogen and oxygen atoms in total. The van der Waals surface area contributed by atoms with Crippen molar-refractivity contribution < 1.29 is 0 Å². The van der Waals surface area contributed by atoms with Crippen LogP contribution < -0.4 is 0 Å². The van der Waals surface area contributed by atoms with E-state index in [1.54, 1.807) is 0 Å². The van der Waals surface area contributed by atoms with E-state index in [2.05, 4.69) is 33.1 Å². The quantitative estimate of drug-likeness (QED) is 0.120. The first kappa shape index (κ1) is 27.5. The third-order valence-electron chi connectivity index (χ3n) is 6.20. The van der Waals surface area contributed by atoms with E-state index in [0.717, 1.165) is 5.92 Å². The van der Waals surface area contributed by atoms with Crippen LogP contribution in [0.5, 0.6) is 0 Å². The van der Waals surface area contributed by atoms with E-state index in [1.165, 1.54) is 140 Å². The van der Waals surface area contributed by atoms with Gasteiger partial charge in [-0.05, 0) is 38.5 Å². The van der Waals surface area contributed by atoms with E-state index < -0.39 is 0 Å². The summed E-state index contributed by atoms with van der Waals surface area (Å²) in [6, 6.07) is 0. The normalized spacial score (nSPS) is 12.2. The molecular formula is C28H54. The fourth-order valence-electron chi connectivity index (χ4n) is 4.29. The summed E-state index contributed by atoms with van der Waals surface area (Å²) in [5.74, 6) is 1.000. The van der Waals surface area contributed by atoms with Crippen LogP contribution in [0.3, 0.4) is 0 Å². The molecule has 0 aliphatic carbocycles. The Bertz CT molecular complexity index is 327. The molecule has 0 rings (SSSR count). The molecule has 0 bridgehead atoms. The smallest absolute Gasteiger partial charge is 0.0326 e. The second-order valence-corrected chi connectivity index (χ2v) is 9.32. The summed E-state index contributed by atoms with van der Waals surface area (Å²) in [4.78, 5) is 0. The maximum atomic E-state index is 3.99. The average molecular weight is 391 g/mol. The molecule has 0 amide bonds. The van der Waals surface area contributed by atoms with Gasteiger partial charge in [-0.2, -0.15) is 0 Å². The molecule has 28 heavy (non-hydrogen) atoms. The lowest BCUT2D eigenvalue weighted by Gasteiger charge is -2.17. The monoisotopic (exact) mass is 390 g/mol. The molecule has 0 heteroatoms. The van der Waals surface area contributed by atoms with Crippen molar-refractivity contribution in [2.75, 3.05) is 0 Å². The predicted octanol–water partition coefficient (Wildman–Crippen LogP) is 10.6. The van der Waals surface area contributed by atoms with Crippen molar-refractivity contribution in [3.05, 3.63) is 24.8 Å². The maximum Gasteiger partial charge on any atom is -0.0326 e. The first-order valence-electron chi connectivity index (χ1n) is 13.0. The van der Waals surface area contributed by atoms with Crippen molar-refractivity contribution in [2.24, 2.45) is 5.92 Å². The lowest BCUT2D eigenvalue weighted by molar-refractivity contribution is 0.369. The van der Waals surface area contributed by atoms with E-state index in [-0.39, 0.29) is 0 Å². The molecule has 0 aromatic heterocycles. The van der Waals surface area contributed by atoms with Crippen molar-refractivity contribution in [1.29, 1.82) is 0 Å². The van der Waals surface area contributed by atoms with E-state index in [0.29, 0.717) is 0 Å². The SMILES string of the molecule is C=CCCCCC(CCCCCCC)CCCCCCCCCCCC(=C)C. The van der Waals surface area contributed by atoms with E-state index in [1.807, 2.05) is 0 Å². The summed E-state index contributed by atoms with van der Waals surface area (Å²) in [6.45, 7) is 12.3. The van der Waals surface area contributed by atoms with Crippen molar-refractivity contribution in [2.45, 2.75) is 149 Å². The zero-order chi connectivity index (χ0) is 20.7. The third-order valence-corrected chi connectivity index (χ3v) is 6.20. The minimum atomic E-state index is 1.000. The van der Waals surface area contributed by atoms with E-state index >= 15 is 0 Å². The Morgan fingerprint density at radius 2 is 1.07 bits per heavy atom. The van der Waals surface area contributed by atoms with Crippen LogP contribution in [0.15, 0.2) is 24.8 Å². The molecular weight excluding hydrogens is 336 g/mol. The highest BCUT2D eigenvalue weighted by Crippen LogP contribution is 2.24. The second kappa shape index (κ2) is 22.8. The van der Waals surface area contributed by atoms with Crippen LogP contribution in [0.1, 0.15) is 149 Å². The number of unbranched alkanes of at least 4 members (excludes halogenated alkanes) is 14.